The van der Waals surface area contributed by atoms with Crippen LogP contribution < -0.4 is 5.32 Å². The fourth-order valence-corrected chi connectivity index (χ4v) is 5.28. The van der Waals surface area contributed by atoms with Crippen molar-refractivity contribution in [1.29, 1.82) is 0 Å². The number of benzene rings is 2. The van der Waals surface area contributed by atoms with E-state index in [1.807, 2.05) is 11.0 Å². The maximum absolute atomic E-state index is 14.8. The minimum atomic E-state index is -0.670. The quantitative estimate of drug-likeness (QED) is 0.724. The van der Waals surface area contributed by atoms with E-state index in [1.165, 1.54) is 31.4 Å². The highest BCUT2D eigenvalue weighted by Crippen LogP contribution is 2.33. The first kappa shape index (κ1) is 22.0. The fourth-order valence-electron chi connectivity index (χ4n) is 5.28. The number of fused-ring (bicyclic) bond motifs is 1. The van der Waals surface area contributed by atoms with Gasteiger partial charge in [-0.15, -0.1) is 0 Å². The monoisotopic (exact) mass is 453 g/mol. The van der Waals surface area contributed by atoms with E-state index < -0.39 is 18.4 Å². The lowest BCUT2D eigenvalue weighted by Crippen LogP contribution is -2.47. The van der Waals surface area contributed by atoms with Gasteiger partial charge in [-0.1, -0.05) is 24.6 Å². The van der Waals surface area contributed by atoms with Crippen LogP contribution in [0.15, 0.2) is 36.4 Å². The minimum Gasteiger partial charge on any atom is -0.349 e. The fraction of sp³-hybridized carbons (Fsp3) is 0.462. The van der Waals surface area contributed by atoms with Crippen LogP contribution in [0.1, 0.15) is 52.0 Å². The predicted molar refractivity (Wildman–Crippen MR) is 123 cm³/mol. The highest BCUT2D eigenvalue weighted by molar-refractivity contribution is 5.98. The van der Waals surface area contributed by atoms with Gasteiger partial charge in [0.05, 0.1) is 0 Å². The van der Waals surface area contributed by atoms with Crippen molar-refractivity contribution in [3.8, 4) is 11.1 Å². The number of rotatable bonds is 6. The van der Waals surface area contributed by atoms with Crippen LogP contribution in [0, 0.1) is 5.82 Å². The molecular weight excluding hydrogens is 424 g/mol. The van der Waals surface area contributed by atoms with Crippen LogP contribution in [0.4, 0.5) is 8.78 Å². The first-order valence-corrected chi connectivity index (χ1v) is 11.9. The van der Waals surface area contributed by atoms with Crippen LogP contribution in [0.5, 0.6) is 0 Å². The summed E-state index contributed by atoms with van der Waals surface area (Å²) in [5.41, 5.74) is 2.85. The number of nitrogens with one attached hydrogen (secondary N) is 1. The van der Waals surface area contributed by atoms with E-state index in [2.05, 4.69) is 10.2 Å². The molecule has 1 unspecified atom stereocenters. The summed E-state index contributed by atoms with van der Waals surface area (Å²) in [6, 6.07) is 10.7. The van der Waals surface area contributed by atoms with E-state index >= 15 is 0 Å². The Kier molecular flexibility index (Phi) is 6.15. The maximum Gasteiger partial charge on any atom is 0.254 e. The largest absolute Gasteiger partial charge is 0.349 e. The van der Waals surface area contributed by atoms with Gasteiger partial charge in [0.2, 0.25) is 0 Å². The van der Waals surface area contributed by atoms with E-state index in [-0.39, 0.29) is 24.1 Å². The van der Waals surface area contributed by atoms with Crippen molar-refractivity contribution < 1.29 is 18.4 Å². The Labute approximate surface area is 192 Å². The summed E-state index contributed by atoms with van der Waals surface area (Å²) in [4.78, 5) is 29.8. The number of amides is 2. The molecule has 174 valence electrons. The number of likely N-dealkylation sites (tertiary alicyclic amines) is 1. The minimum absolute atomic E-state index is 0.0728. The molecule has 0 radical (unpaired) electrons. The molecule has 2 fully saturated rings. The van der Waals surface area contributed by atoms with Crippen molar-refractivity contribution in [3.63, 3.8) is 0 Å². The molecule has 1 saturated heterocycles. The molecule has 1 N–H and O–H groups in total. The SMILES string of the molecule is O=C(NCCF)c1ccc(-c2ccc3c(c2)CCN(C2CCN(C4CCC4)C2)C3=O)c(F)c1. The van der Waals surface area contributed by atoms with Gasteiger partial charge >= 0.3 is 0 Å². The van der Waals surface area contributed by atoms with Crippen LogP contribution in [-0.4, -0.2) is 66.6 Å². The van der Waals surface area contributed by atoms with Gasteiger partial charge in [0.25, 0.3) is 11.8 Å². The molecule has 2 aromatic rings. The summed E-state index contributed by atoms with van der Waals surface area (Å²) in [5.74, 6) is -0.950. The lowest BCUT2D eigenvalue weighted by molar-refractivity contribution is 0.0646. The average Bonchev–Trinajstić information content (AvgIpc) is 3.25. The third-order valence-electron chi connectivity index (χ3n) is 7.37. The van der Waals surface area contributed by atoms with Crippen molar-refractivity contribution in [1.82, 2.24) is 15.1 Å². The van der Waals surface area contributed by atoms with Crippen LogP contribution in [0.25, 0.3) is 11.1 Å². The van der Waals surface area contributed by atoms with Gasteiger partial charge in [-0.25, -0.2) is 8.78 Å². The molecule has 2 aromatic carbocycles. The Bertz CT molecular complexity index is 1070. The molecule has 2 aliphatic heterocycles. The lowest BCUT2D eigenvalue weighted by Gasteiger charge is -2.37. The van der Waals surface area contributed by atoms with Gasteiger partial charge in [-0.05, 0) is 55.0 Å². The first-order valence-electron chi connectivity index (χ1n) is 11.9. The van der Waals surface area contributed by atoms with Crippen LogP contribution >= 0.6 is 0 Å². The Morgan fingerprint density at radius 2 is 1.85 bits per heavy atom. The van der Waals surface area contributed by atoms with Crippen molar-refractivity contribution >= 4 is 11.8 Å². The molecular formula is C26H29F2N3O2. The summed E-state index contributed by atoms with van der Waals surface area (Å²) in [6.45, 7) is 1.97. The van der Waals surface area contributed by atoms with Gasteiger partial charge in [0.1, 0.15) is 12.5 Å². The number of hydrogen-bond acceptors (Lipinski definition) is 3. The summed E-state index contributed by atoms with van der Waals surface area (Å²) >= 11 is 0. The zero-order chi connectivity index (χ0) is 22.9. The van der Waals surface area contributed by atoms with E-state index in [0.29, 0.717) is 29.3 Å². The van der Waals surface area contributed by atoms with Gasteiger partial charge in [0, 0.05) is 55.0 Å². The first-order chi connectivity index (χ1) is 16.0. The zero-order valence-electron chi connectivity index (χ0n) is 18.7. The standard InChI is InChI=1S/C26H29F2N3O2/c27-10-11-29-25(32)19-5-6-22(24(28)15-19)17-4-7-23-18(14-17)8-13-31(26(23)33)21-9-12-30(16-21)20-2-1-3-20/h4-7,14-15,20-21H,1-3,8-13,16H2,(H,29,32). The summed E-state index contributed by atoms with van der Waals surface area (Å²) in [6.07, 6.45) is 5.67. The molecule has 0 aromatic heterocycles. The highest BCUT2D eigenvalue weighted by Gasteiger charge is 2.37. The van der Waals surface area contributed by atoms with E-state index in [0.717, 1.165) is 31.5 Å². The molecule has 1 saturated carbocycles. The highest BCUT2D eigenvalue weighted by atomic mass is 19.1. The molecule has 2 heterocycles. The normalized spacial score (nSPS) is 21.1. The molecule has 3 aliphatic rings. The number of hydrogen-bond donors (Lipinski definition) is 1. The second-order valence-electron chi connectivity index (χ2n) is 9.28. The number of nitrogens with zero attached hydrogens (tertiary/aromatic N) is 2. The van der Waals surface area contributed by atoms with Gasteiger partial charge in [-0.2, -0.15) is 0 Å². The summed E-state index contributed by atoms with van der Waals surface area (Å²) in [7, 11) is 0. The number of halogens is 2. The van der Waals surface area contributed by atoms with Crippen molar-refractivity contribution in [3.05, 3.63) is 58.9 Å². The van der Waals surface area contributed by atoms with Crippen LogP contribution in [0.2, 0.25) is 0 Å². The Morgan fingerprint density at radius 1 is 1.03 bits per heavy atom. The van der Waals surface area contributed by atoms with E-state index in [9.17, 15) is 18.4 Å². The van der Waals surface area contributed by atoms with Gasteiger partial charge in [-0.3, -0.25) is 14.5 Å². The Morgan fingerprint density at radius 3 is 2.58 bits per heavy atom. The molecule has 33 heavy (non-hydrogen) atoms. The topological polar surface area (TPSA) is 52.7 Å². The molecule has 5 rings (SSSR count). The van der Waals surface area contributed by atoms with Gasteiger partial charge < -0.3 is 10.2 Å². The molecule has 1 atom stereocenters. The lowest BCUT2D eigenvalue weighted by atomic mass is 9.91. The third kappa shape index (κ3) is 4.26. The summed E-state index contributed by atoms with van der Waals surface area (Å²) < 4.78 is 27.1. The predicted octanol–water partition coefficient (Wildman–Crippen LogP) is 3.82. The van der Waals surface area contributed by atoms with E-state index in [1.54, 1.807) is 18.2 Å². The van der Waals surface area contributed by atoms with Gasteiger partial charge in [0.15, 0.2) is 0 Å². The van der Waals surface area contributed by atoms with Crippen molar-refractivity contribution in [2.24, 2.45) is 0 Å². The molecule has 2 amide bonds. The van der Waals surface area contributed by atoms with Crippen molar-refractivity contribution in [2.45, 2.75) is 44.2 Å². The number of carbonyl (C=O) groups is 2. The number of carbonyl (C=O) groups excluding carboxylic acids is 2. The van der Waals surface area contributed by atoms with E-state index in [4.69, 9.17) is 0 Å². The Hall–Kier alpha value is -2.80. The molecule has 1 aliphatic carbocycles. The van der Waals surface area contributed by atoms with Crippen LogP contribution in [-0.2, 0) is 6.42 Å². The maximum atomic E-state index is 14.8. The Balaban J connectivity index is 1.31. The number of alkyl halides is 1. The average molecular weight is 454 g/mol. The molecule has 0 bridgehead atoms. The summed E-state index contributed by atoms with van der Waals surface area (Å²) in [5, 5.41) is 2.40. The molecule has 5 nitrogen and oxygen atoms in total. The van der Waals surface area contributed by atoms with Crippen LogP contribution in [0.3, 0.4) is 0 Å². The second-order valence-corrected chi connectivity index (χ2v) is 9.28. The van der Waals surface area contributed by atoms with Crippen molar-refractivity contribution in [2.75, 3.05) is 32.9 Å². The zero-order valence-corrected chi connectivity index (χ0v) is 18.7. The molecule has 0 spiro atoms. The third-order valence-corrected chi connectivity index (χ3v) is 7.37. The molecule has 7 heteroatoms. The smallest absolute Gasteiger partial charge is 0.254 e. The second kappa shape index (κ2) is 9.21.